The van der Waals surface area contributed by atoms with E-state index in [2.05, 4.69) is 40.7 Å². The number of hydrogen-bond donors (Lipinski definition) is 0. The molecule has 0 heterocycles. The monoisotopic (exact) mass is 521 g/mol. The first kappa shape index (κ1) is 27.6. The molecule has 0 aromatic rings. The summed E-state index contributed by atoms with van der Waals surface area (Å²) in [6.07, 6.45) is 9.42. The molecule has 0 aliphatic heterocycles. The molecule has 0 aromatic heterocycles. The maximum absolute atomic E-state index is 14.5. The minimum atomic E-state index is -0.615. The number of rotatable bonds is 2. The minimum absolute atomic E-state index is 0.0466. The number of esters is 1. The van der Waals surface area contributed by atoms with Crippen LogP contribution >= 0.6 is 0 Å². The first-order valence-electron chi connectivity index (χ1n) is 14.8. The zero-order valence-corrected chi connectivity index (χ0v) is 24.8. The Morgan fingerprint density at radius 2 is 1.63 bits per heavy atom. The average Bonchev–Trinajstić information content (AvgIpc) is 2.82. The molecule has 5 aliphatic carbocycles. The summed E-state index contributed by atoms with van der Waals surface area (Å²) in [6, 6.07) is 2.21. The molecule has 0 saturated heterocycles. The van der Waals surface area contributed by atoms with E-state index in [0.717, 1.165) is 44.9 Å². The summed E-state index contributed by atoms with van der Waals surface area (Å²) >= 11 is 0. The van der Waals surface area contributed by atoms with Crippen molar-refractivity contribution in [3.05, 3.63) is 11.6 Å². The molecule has 5 rings (SSSR count). The zero-order chi connectivity index (χ0) is 28.1. The normalized spacial score (nSPS) is 46.9. The molecule has 0 spiro atoms. The summed E-state index contributed by atoms with van der Waals surface area (Å²) < 4.78 is 5.71. The molecule has 5 heteroatoms. The van der Waals surface area contributed by atoms with Crippen LogP contribution in [-0.2, 0) is 19.1 Å². The minimum Gasteiger partial charge on any atom is -0.465 e. The Hall–Kier alpha value is -1.96. The second-order valence-electron chi connectivity index (χ2n) is 15.8. The van der Waals surface area contributed by atoms with E-state index in [4.69, 9.17) is 4.74 Å². The van der Waals surface area contributed by atoms with Gasteiger partial charge in [-0.1, -0.05) is 54.5 Å². The van der Waals surface area contributed by atoms with Crippen LogP contribution in [0.4, 0.5) is 0 Å². The Kier molecular flexibility index (Phi) is 6.01. The van der Waals surface area contributed by atoms with Crippen LogP contribution in [0.15, 0.2) is 11.6 Å². The van der Waals surface area contributed by atoms with E-state index in [9.17, 15) is 19.6 Å². The van der Waals surface area contributed by atoms with Gasteiger partial charge in [-0.2, -0.15) is 5.26 Å². The predicted octanol–water partition coefficient (Wildman–Crippen LogP) is 6.85. The van der Waals surface area contributed by atoms with Crippen LogP contribution in [0.1, 0.15) is 107 Å². The highest BCUT2D eigenvalue weighted by Crippen LogP contribution is 2.75. The van der Waals surface area contributed by atoms with Crippen LogP contribution in [-0.4, -0.2) is 24.1 Å². The first-order chi connectivity index (χ1) is 17.5. The molecule has 38 heavy (non-hydrogen) atoms. The van der Waals surface area contributed by atoms with Crippen LogP contribution in [0.25, 0.3) is 0 Å². The SMILES string of the molecule is CC(=O)OC[C@]12CCC(C)(C)C[C@@H]1[C@H]1C(=O)C[C@@H]3[C@@]4(C)C=C(C#N)C(=O)C(C)(C)[C@@H]4CC[C@@]3(C)[C@]1(C)CC2. The summed E-state index contributed by atoms with van der Waals surface area (Å²) in [5, 5.41) is 9.90. The molecule has 208 valence electrons. The number of Topliss-reactive ketones (excluding diaryl/α,β-unsaturated/α-hetero) is 2. The number of ether oxygens (including phenoxy) is 1. The van der Waals surface area contributed by atoms with Crippen molar-refractivity contribution in [2.45, 2.75) is 107 Å². The van der Waals surface area contributed by atoms with Gasteiger partial charge in [-0.3, -0.25) is 14.4 Å². The molecule has 0 N–H and O–H groups in total. The second kappa shape index (κ2) is 8.28. The molecule has 0 unspecified atom stereocenters. The highest BCUT2D eigenvalue weighted by Gasteiger charge is 2.72. The number of nitriles is 1. The topological polar surface area (TPSA) is 84.2 Å². The Morgan fingerprint density at radius 1 is 0.974 bits per heavy atom. The molecule has 5 aliphatic rings. The van der Waals surface area contributed by atoms with Crippen LogP contribution in [0.3, 0.4) is 0 Å². The average molecular weight is 522 g/mol. The van der Waals surface area contributed by atoms with E-state index in [0.29, 0.717) is 18.8 Å². The lowest BCUT2D eigenvalue weighted by Crippen LogP contribution is -2.69. The van der Waals surface area contributed by atoms with Gasteiger partial charge < -0.3 is 4.74 Å². The summed E-state index contributed by atoms with van der Waals surface area (Å²) in [5.41, 5.74) is -0.950. The van der Waals surface area contributed by atoms with E-state index in [1.165, 1.54) is 6.92 Å². The predicted molar refractivity (Wildman–Crippen MR) is 146 cm³/mol. The van der Waals surface area contributed by atoms with Crippen molar-refractivity contribution >= 4 is 17.5 Å². The summed E-state index contributed by atoms with van der Waals surface area (Å²) in [5.74, 6) is 0.434. The van der Waals surface area contributed by atoms with Crippen molar-refractivity contribution in [3.63, 3.8) is 0 Å². The molecule has 8 atom stereocenters. The largest absolute Gasteiger partial charge is 0.465 e. The van der Waals surface area contributed by atoms with E-state index < -0.39 is 5.41 Å². The highest BCUT2D eigenvalue weighted by molar-refractivity contribution is 6.04. The summed E-state index contributed by atoms with van der Waals surface area (Å²) in [4.78, 5) is 39.6. The van der Waals surface area contributed by atoms with E-state index in [-0.39, 0.29) is 68.1 Å². The van der Waals surface area contributed by atoms with E-state index in [1.807, 2.05) is 19.9 Å². The number of hydrogen-bond acceptors (Lipinski definition) is 5. The number of allylic oxidation sites excluding steroid dienone is 2. The van der Waals surface area contributed by atoms with Gasteiger partial charge in [-0.25, -0.2) is 0 Å². The Morgan fingerprint density at radius 3 is 2.26 bits per heavy atom. The lowest BCUT2D eigenvalue weighted by Gasteiger charge is -2.72. The van der Waals surface area contributed by atoms with Crippen LogP contribution in [0.2, 0.25) is 0 Å². The highest BCUT2D eigenvalue weighted by atomic mass is 16.5. The molecule has 0 bridgehead atoms. The standard InChI is InChI=1S/C33H47NO4/c1-20(35)38-19-33-13-11-28(2,3)17-22(33)26-23(36)15-25-30(6)16-21(18-34)27(37)29(4,5)24(30)9-10-31(25,7)32(26,8)12-14-33/h16,22,24-26H,9-15,17,19H2,1-8H3/t22-,24+,25-,26+,30+,31-,32-,33-/m1/s1. The number of ketones is 2. The van der Waals surface area contributed by atoms with Gasteiger partial charge in [-0.15, -0.1) is 0 Å². The maximum Gasteiger partial charge on any atom is 0.302 e. The molecular weight excluding hydrogens is 474 g/mol. The van der Waals surface area contributed by atoms with Gasteiger partial charge in [0.1, 0.15) is 11.9 Å². The van der Waals surface area contributed by atoms with Crippen molar-refractivity contribution in [1.29, 1.82) is 5.26 Å². The molecule has 4 fully saturated rings. The fourth-order valence-corrected chi connectivity index (χ4v) is 10.9. The van der Waals surface area contributed by atoms with Crippen molar-refractivity contribution in [2.24, 2.45) is 56.2 Å². The fourth-order valence-electron chi connectivity index (χ4n) is 10.9. The van der Waals surface area contributed by atoms with Gasteiger partial charge in [0, 0.05) is 30.1 Å². The second-order valence-corrected chi connectivity index (χ2v) is 15.8. The van der Waals surface area contributed by atoms with Crippen molar-refractivity contribution < 1.29 is 19.1 Å². The molecule has 4 saturated carbocycles. The number of carbonyl (C=O) groups excluding carboxylic acids is 3. The smallest absolute Gasteiger partial charge is 0.302 e. The van der Waals surface area contributed by atoms with Gasteiger partial charge in [0.25, 0.3) is 0 Å². The third kappa shape index (κ3) is 3.50. The van der Waals surface area contributed by atoms with Crippen molar-refractivity contribution in [2.75, 3.05) is 6.61 Å². The molecule has 0 amide bonds. The number of carbonyl (C=O) groups is 3. The number of fused-ring (bicyclic) bond motifs is 7. The van der Waals surface area contributed by atoms with Gasteiger partial charge in [-0.05, 0) is 84.4 Å². The Labute approximate surface area is 229 Å². The lowest BCUT2D eigenvalue weighted by molar-refractivity contribution is -0.227. The first-order valence-corrected chi connectivity index (χ1v) is 14.8. The van der Waals surface area contributed by atoms with Crippen LogP contribution in [0, 0.1) is 67.5 Å². The Bertz CT molecular complexity index is 1160. The summed E-state index contributed by atoms with van der Waals surface area (Å²) in [7, 11) is 0. The maximum atomic E-state index is 14.5. The van der Waals surface area contributed by atoms with Crippen LogP contribution < -0.4 is 0 Å². The third-order valence-corrected chi connectivity index (χ3v) is 13.2. The molecule has 0 aromatic carbocycles. The molecular formula is C33H47NO4. The van der Waals surface area contributed by atoms with Gasteiger partial charge in [0.05, 0.1) is 12.2 Å². The molecule has 0 radical (unpaired) electrons. The van der Waals surface area contributed by atoms with Crippen LogP contribution in [0.5, 0.6) is 0 Å². The summed E-state index contributed by atoms with van der Waals surface area (Å²) in [6.45, 7) is 17.6. The van der Waals surface area contributed by atoms with E-state index in [1.54, 1.807) is 0 Å². The zero-order valence-electron chi connectivity index (χ0n) is 24.8. The number of nitrogens with zero attached hydrogens (tertiary/aromatic N) is 1. The Balaban J connectivity index is 1.61. The quantitative estimate of drug-likeness (QED) is 0.371. The fraction of sp³-hybridized carbons (Fsp3) is 0.818. The van der Waals surface area contributed by atoms with Gasteiger partial charge in [0.2, 0.25) is 0 Å². The van der Waals surface area contributed by atoms with Crippen molar-refractivity contribution in [3.8, 4) is 6.07 Å². The third-order valence-electron chi connectivity index (χ3n) is 13.2. The molecule has 5 nitrogen and oxygen atoms in total. The lowest BCUT2D eigenvalue weighted by atomic mass is 9.31. The van der Waals surface area contributed by atoms with E-state index >= 15 is 0 Å². The van der Waals surface area contributed by atoms with Gasteiger partial charge in [0.15, 0.2) is 5.78 Å². The van der Waals surface area contributed by atoms with Gasteiger partial charge >= 0.3 is 5.97 Å². The van der Waals surface area contributed by atoms with Crippen molar-refractivity contribution in [1.82, 2.24) is 0 Å².